The topological polar surface area (TPSA) is 24.5 Å². The van der Waals surface area contributed by atoms with E-state index in [9.17, 15) is 4.39 Å². The van der Waals surface area contributed by atoms with Gasteiger partial charge in [0.25, 0.3) is 0 Å². The number of piperidine rings is 1. The van der Waals surface area contributed by atoms with Crippen LogP contribution in [-0.2, 0) is 0 Å². The summed E-state index contributed by atoms with van der Waals surface area (Å²) >= 11 is 5.95. The Morgan fingerprint density at radius 2 is 1.96 bits per heavy atom. The van der Waals surface area contributed by atoms with Gasteiger partial charge in [0.15, 0.2) is 0 Å². The lowest BCUT2D eigenvalue weighted by Crippen LogP contribution is -2.44. The summed E-state index contributed by atoms with van der Waals surface area (Å²) in [4.78, 5) is 2.42. The molecule has 6 heteroatoms. The third kappa shape index (κ3) is 6.11. The predicted octanol–water partition coefficient (Wildman–Crippen LogP) is 3.74. The lowest BCUT2D eigenvalue weighted by atomic mass is 10.0. The first-order valence-corrected chi connectivity index (χ1v) is 8.62. The molecule has 3 nitrogen and oxygen atoms in total. The van der Waals surface area contributed by atoms with Gasteiger partial charge in [-0.3, -0.25) is 4.90 Å². The third-order valence-corrected chi connectivity index (χ3v) is 4.83. The molecule has 1 saturated heterocycles. The van der Waals surface area contributed by atoms with E-state index in [2.05, 4.69) is 10.2 Å². The molecule has 0 radical (unpaired) electrons. The second-order valence-electron chi connectivity index (χ2n) is 6.39. The van der Waals surface area contributed by atoms with Gasteiger partial charge in [-0.15, -0.1) is 12.4 Å². The fourth-order valence-corrected chi connectivity index (χ4v) is 3.11. The molecule has 1 aliphatic carbocycles. The standard InChI is InChI=1S/C17H24ClFN2O.ClH/c18-16-11-14(19)3-4-17(16)22-10-9-21-7-5-15(6-8-21)20-12-13-1-2-13;/h3-4,11,13,15,20H,1-2,5-10,12H2;1H. The molecule has 0 aromatic heterocycles. The molecule has 23 heavy (non-hydrogen) atoms. The molecule has 1 heterocycles. The number of benzene rings is 1. The number of halogens is 3. The van der Waals surface area contributed by atoms with Crippen molar-refractivity contribution in [2.45, 2.75) is 31.7 Å². The van der Waals surface area contributed by atoms with Crippen molar-refractivity contribution in [3.8, 4) is 5.75 Å². The third-order valence-electron chi connectivity index (χ3n) is 4.54. The molecule has 0 unspecified atom stereocenters. The van der Waals surface area contributed by atoms with Gasteiger partial charge in [-0.05, 0) is 69.4 Å². The maximum Gasteiger partial charge on any atom is 0.138 e. The van der Waals surface area contributed by atoms with Crippen LogP contribution in [0.1, 0.15) is 25.7 Å². The average Bonchev–Trinajstić information content (AvgIpc) is 3.33. The van der Waals surface area contributed by atoms with Crippen LogP contribution in [0.15, 0.2) is 18.2 Å². The van der Waals surface area contributed by atoms with Crippen LogP contribution in [0.2, 0.25) is 5.02 Å². The molecule has 3 rings (SSSR count). The van der Waals surface area contributed by atoms with Gasteiger partial charge < -0.3 is 10.1 Å². The van der Waals surface area contributed by atoms with Crippen molar-refractivity contribution in [1.29, 1.82) is 0 Å². The highest BCUT2D eigenvalue weighted by Gasteiger charge is 2.24. The van der Waals surface area contributed by atoms with Crippen LogP contribution < -0.4 is 10.1 Å². The molecule has 0 amide bonds. The Morgan fingerprint density at radius 1 is 1.22 bits per heavy atom. The van der Waals surface area contributed by atoms with Crippen molar-refractivity contribution < 1.29 is 9.13 Å². The van der Waals surface area contributed by atoms with Crippen molar-refractivity contribution in [2.75, 3.05) is 32.8 Å². The lowest BCUT2D eigenvalue weighted by Gasteiger charge is -2.32. The highest BCUT2D eigenvalue weighted by molar-refractivity contribution is 6.32. The number of likely N-dealkylation sites (tertiary alicyclic amines) is 1. The Balaban J connectivity index is 0.00000192. The monoisotopic (exact) mass is 362 g/mol. The molecule has 130 valence electrons. The van der Waals surface area contributed by atoms with Crippen molar-refractivity contribution in [3.63, 3.8) is 0 Å². The normalized spacial score (nSPS) is 19.4. The zero-order valence-electron chi connectivity index (χ0n) is 13.3. The van der Waals surface area contributed by atoms with Crippen molar-refractivity contribution in [3.05, 3.63) is 29.0 Å². The summed E-state index contributed by atoms with van der Waals surface area (Å²) in [5.74, 6) is 1.18. The number of hydrogen-bond donors (Lipinski definition) is 1. The first-order chi connectivity index (χ1) is 10.7. The predicted molar refractivity (Wildman–Crippen MR) is 94.3 cm³/mol. The Hall–Kier alpha value is -0.550. The number of hydrogen-bond acceptors (Lipinski definition) is 3. The summed E-state index contributed by atoms with van der Waals surface area (Å²) in [6.45, 7) is 4.91. The van der Waals surface area contributed by atoms with Gasteiger partial charge in [0.05, 0.1) is 5.02 Å². The Kier molecular flexibility index (Phi) is 7.41. The molecule has 0 spiro atoms. The summed E-state index contributed by atoms with van der Waals surface area (Å²) in [6, 6.07) is 4.93. The summed E-state index contributed by atoms with van der Waals surface area (Å²) < 4.78 is 18.6. The molecular formula is C17H25Cl2FN2O. The van der Waals surface area contributed by atoms with E-state index in [1.807, 2.05) is 0 Å². The highest BCUT2D eigenvalue weighted by atomic mass is 35.5. The van der Waals surface area contributed by atoms with Crippen LogP contribution in [-0.4, -0.2) is 43.7 Å². The fourth-order valence-electron chi connectivity index (χ4n) is 2.89. The van der Waals surface area contributed by atoms with Gasteiger partial charge in [-0.1, -0.05) is 11.6 Å². The smallest absolute Gasteiger partial charge is 0.138 e. The largest absolute Gasteiger partial charge is 0.491 e. The first kappa shape index (κ1) is 18.8. The van der Waals surface area contributed by atoms with E-state index in [-0.39, 0.29) is 18.2 Å². The van der Waals surface area contributed by atoms with E-state index in [4.69, 9.17) is 16.3 Å². The van der Waals surface area contributed by atoms with E-state index in [0.717, 1.165) is 25.6 Å². The lowest BCUT2D eigenvalue weighted by molar-refractivity contribution is 0.164. The van der Waals surface area contributed by atoms with Gasteiger partial charge in [-0.2, -0.15) is 0 Å². The Labute approximate surface area is 148 Å². The van der Waals surface area contributed by atoms with Crippen LogP contribution in [0, 0.1) is 11.7 Å². The van der Waals surface area contributed by atoms with Crippen LogP contribution in [0.25, 0.3) is 0 Å². The molecular weight excluding hydrogens is 338 g/mol. The molecule has 1 saturated carbocycles. The molecule has 1 aromatic carbocycles. The number of nitrogens with one attached hydrogen (secondary N) is 1. The van der Waals surface area contributed by atoms with E-state index >= 15 is 0 Å². The summed E-state index contributed by atoms with van der Waals surface area (Å²) in [5.41, 5.74) is 0. The van der Waals surface area contributed by atoms with Gasteiger partial charge in [0.2, 0.25) is 0 Å². The van der Waals surface area contributed by atoms with Crippen LogP contribution in [0.3, 0.4) is 0 Å². The Bertz CT molecular complexity index is 491. The summed E-state index contributed by atoms with van der Waals surface area (Å²) in [6.07, 6.45) is 5.25. The van der Waals surface area contributed by atoms with Gasteiger partial charge >= 0.3 is 0 Å². The van der Waals surface area contributed by atoms with Crippen molar-refractivity contribution in [1.82, 2.24) is 10.2 Å². The molecule has 1 aromatic rings. The van der Waals surface area contributed by atoms with E-state index in [1.165, 1.54) is 44.4 Å². The molecule has 0 atom stereocenters. The molecule has 1 N–H and O–H groups in total. The number of nitrogens with zero attached hydrogens (tertiary/aromatic N) is 1. The van der Waals surface area contributed by atoms with Gasteiger partial charge in [0.1, 0.15) is 18.2 Å². The average molecular weight is 363 g/mol. The highest BCUT2D eigenvalue weighted by Crippen LogP contribution is 2.28. The maximum absolute atomic E-state index is 13.0. The minimum absolute atomic E-state index is 0. The van der Waals surface area contributed by atoms with Gasteiger partial charge in [-0.25, -0.2) is 4.39 Å². The minimum atomic E-state index is -0.335. The van der Waals surface area contributed by atoms with Crippen molar-refractivity contribution in [2.24, 2.45) is 5.92 Å². The summed E-state index contributed by atoms with van der Waals surface area (Å²) in [7, 11) is 0. The van der Waals surface area contributed by atoms with E-state index < -0.39 is 0 Å². The van der Waals surface area contributed by atoms with Crippen molar-refractivity contribution >= 4 is 24.0 Å². The molecule has 2 fully saturated rings. The summed E-state index contributed by atoms with van der Waals surface area (Å²) in [5, 5.41) is 4.02. The van der Waals surface area contributed by atoms with Crippen LogP contribution in [0.5, 0.6) is 5.75 Å². The number of rotatable bonds is 7. The minimum Gasteiger partial charge on any atom is -0.491 e. The van der Waals surface area contributed by atoms with Gasteiger partial charge in [0, 0.05) is 12.6 Å². The zero-order valence-corrected chi connectivity index (χ0v) is 14.8. The Morgan fingerprint density at radius 3 is 2.61 bits per heavy atom. The zero-order chi connectivity index (χ0) is 15.4. The second kappa shape index (κ2) is 9.07. The quantitative estimate of drug-likeness (QED) is 0.799. The van der Waals surface area contributed by atoms with Crippen LogP contribution >= 0.6 is 24.0 Å². The molecule has 0 bridgehead atoms. The SMILES string of the molecule is Cl.Fc1ccc(OCCN2CCC(NCC3CC3)CC2)c(Cl)c1. The number of ether oxygens (including phenoxy) is 1. The first-order valence-electron chi connectivity index (χ1n) is 8.24. The van der Waals surface area contributed by atoms with Crippen LogP contribution in [0.4, 0.5) is 4.39 Å². The fraction of sp³-hybridized carbons (Fsp3) is 0.647. The van der Waals surface area contributed by atoms with E-state index in [1.54, 1.807) is 6.07 Å². The van der Waals surface area contributed by atoms with E-state index in [0.29, 0.717) is 23.4 Å². The second-order valence-corrected chi connectivity index (χ2v) is 6.80. The maximum atomic E-state index is 13.0. The molecule has 2 aliphatic rings. The molecule has 1 aliphatic heterocycles.